The van der Waals surface area contributed by atoms with Gasteiger partial charge in [0.1, 0.15) is 0 Å². The molecule has 0 aromatic rings. The van der Waals surface area contributed by atoms with E-state index in [1.165, 1.54) is 0 Å². The van der Waals surface area contributed by atoms with Crippen LogP contribution in [0, 0.1) is 17.3 Å². The second-order valence-electron chi connectivity index (χ2n) is 5.58. The number of carbonyl (C=O) groups is 2. The summed E-state index contributed by atoms with van der Waals surface area (Å²) in [6.07, 6.45) is 0.0397. The predicted octanol–water partition coefficient (Wildman–Crippen LogP) is 0.590. The standard InChI is InChI=1S/C12H19NO4/c1-7-6-13(4-5-17-7)10(14)8-9(11(15)16)12(8,2)3/h7-9H,4-6H2,1-3H3,(H,15,16). The SMILES string of the molecule is CC1CN(C(=O)C2C(C(=O)O)C2(C)C)CCO1. The number of morpholine rings is 1. The van der Waals surface area contributed by atoms with Gasteiger partial charge in [0.05, 0.1) is 24.5 Å². The zero-order chi connectivity index (χ0) is 12.8. The van der Waals surface area contributed by atoms with Crippen LogP contribution in [-0.2, 0) is 14.3 Å². The second kappa shape index (κ2) is 3.98. The first-order valence-corrected chi connectivity index (χ1v) is 5.99. The molecule has 0 bridgehead atoms. The maximum absolute atomic E-state index is 12.2. The Morgan fingerprint density at radius 1 is 1.35 bits per heavy atom. The van der Waals surface area contributed by atoms with Crippen LogP contribution >= 0.6 is 0 Å². The Morgan fingerprint density at radius 2 is 2.00 bits per heavy atom. The van der Waals surface area contributed by atoms with E-state index in [4.69, 9.17) is 9.84 Å². The van der Waals surface area contributed by atoms with Crippen molar-refractivity contribution in [2.75, 3.05) is 19.7 Å². The number of ether oxygens (including phenoxy) is 1. The minimum absolute atomic E-state index is 0.0300. The zero-order valence-corrected chi connectivity index (χ0v) is 10.5. The topological polar surface area (TPSA) is 66.8 Å². The van der Waals surface area contributed by atoms with Crippen molar-refractivity contribution in [2.24, 2.45) is 17.3 Å². The minimum atomic E-state index is -0.866. The zero-order valence-electron chi connectivity index (χ0n) is 10.5. The summed E-state index contributed by atoms with van der Waals surface area (Å²) in [5, 5.41) is 9.06. The average molecular weight is 241 g/mol. The van der Waals surface area contributed by atoms with Crippen LogP contribution in [0.2, 0.25) is 0 Å². The number of rotatable bonds is 2. The van der Waals surface area contributed by atoms with Crippen molar-refractivity contribution < 1.29 is 19.4 Å². The van der Waals surface area contributed by atoms with Gasteiger partial charge >= 0.3 is 5.97 Å². The third-order valence-corrected chi connectivity index (χ3v) is 3.91. The molecule has 0 aromatic carbocycles. The highest BCUT2D eigenvalue weighted by Gasteiger charge is 2.66. The van der Waals surface area contributed by atoms with Crippen LogP contribution in [0.3, 0.4) is 0 Å². The van der Waals surface area contributed by atoms with Gasteiger partial charge in [0, 0.05) is 13.1 Å². The van der Waals surface area contributed by atoms with Gasteiger partial charge in [0.25, 0.3) is 0 Å². The lowest BCUT2D eigenvalue weighted by atomic mass is 10.1. The van der Waals surface area contributed by atoms with Gasteiger partial charge in [-0.1, -0.05) is 13.8 Å². The van der Waals surface area contributed by atoms with E-state index in [1.807, 2.05) is 20.8 Å². The molecule has 5 heteroatoms. The number of hydrogen-bond donors (Lipinski definition) is 1. The first kappa shape index (κ1) is 12.4. The van der Waals surface area contributed by atoms with Crippen molar-refractivity contribution in [1.29, 1.82) is 0 Å². The summed E-state index contributed by atoms with van der Waals surface area (Å²) in [7, 11) is 0. The van der Waals surface area contributed by atoms with Crippen molar-refractivity contribution in [3.05, 3.63) is 0 Å². The van der Waals surface area contributed by atoms with Crippen LogP contribution in [0.25, 0.3) is 0 Å². The summed E-state index contributed by atoms with van der Waals surface area (Å²) in [5.41, 5.74) is -0.412. The fourth-order valence-electron chi connectivity index (χ4n) is 2.77. The highest BCUT2D eigenvalue weighted by atomic mass is 16.5. The van der Waals surface area contributed by atoms with E-state index in [9.17, 15) is 9.59 Å². The molecule has 1 aliphatic heterocycles. The van der Waals surface area contributed by atoms with E-state index in [-0.39, 0.29) is 17.9 Å². The molecular formula is C12H19NO4. The van der Waals surface area contributed by atoms with Crippen molar-refractivity contribution in [2.45, 2.75) is 26.9 Å². The number of carbonyl (C=O) groups excluding carboxylic acids is 1. The third-order valence-electron chi connectivity index (χ3n) is 3.91. The number of nitrogens with zero attached hydrogens (tertiary/aromatic N) is 1. The monoisotopic (exact) mass is 241 g/mol. The van der Waals surface area contributed by atoms with Gasteiger partial charge in [0.2, 0.25) is 5.91 Å². The van der Waals surface area contributed by atoms with Gasteiger partial charge in [0.15, 0.2) is 0 Å². The largest absolute Gasteiger partial charge is 0.481 e. The fourth-order valence-corrected chi connectivity index (χ4v) is 2.77. The van der Waals surface area contributed by atoms with Gasteiger partial charge in [-0.25, -0.2) is 0 Å². The lowest BCUT2D eigenvalue weighted by Gasteiger charge is -2.31. The molecule has 1 amide bonds. The molecule has 0 aromatic heterocycles. The molecule has 96 valence electrons. The first-order chi connectivity index (χ1) is 7.85. The molecule has 2 rings (SSSR count). The number of carboxylic acid groups (broad SMARTS) is 1. The maximum Gasteiger partial charge on any atom is 0.307 e. The number of amides is 1. The summed E-state index contributed by atoms with van der Waals surface area (Å²) < 4.78 is 5.37. The Kier molecular flexibility index (Phi) is 2.89. The Labute approximate surface area is 101 Å². The van der Waals surface area contributed by atoms with Gasteiger partial charge < -0.3 is 14.7 Å². The lowest BCUT2D eigenvalue weighted by Crippen LogP contribution is -2.45. The second-order valence-corrected chi connectivity index (χ2v) is 5.58. The van der Waals surface area contributed by atoms with Gasteiger partial charge in [-0.05, 0) is 12.3 Å². The number of carboxylic acids is 1. The first-order valence-electron chi connectivity index (χ1n) is 5.99. The van der Waals surface area contributed by atoms with E-state index in [1.54, 1.807) is 4.90 Å². The smallest absolute Gasteiger partial charge is 0.307 e. The summed E-state index contributed by atoms with van der Waals surface area (Å²) in [4.78, 5) is 25.0. The lowest BCUT2D eigenvalue weighted by molar-refractivity contribution is -0.144. The Bertz CT molecular complexity index is 352. The molecule has 1 saturated carbocycles. The minimum Gasteiger partial charge on any atom is -0.481 e. The Hall–Kier alpha value is -1.10. The Morgan fingerprint density at radius 3 is 2.47 bits per heavy atom. The molecular weight excluding hydrogens is 222 g/mol. The van der Waals surface area contributed by atoms with E-state index in [2.05, 4.69) is 0 Å². The van der Waals surface area contributed by atoms with E-state index in [0.717, 1.165) is 0 Å². The molecule has 3 atom stereocenters. The molecule has 1 aliphatic carbocycles. The molecule has 17 heavy (non-hydrogen) atoms. The molecule has 3 unspecified atom stereocenters. The van der Waals surface area contributed by atoms with E-state index >= 15 is 0 Å². The quantitative estimate of drug-likeness (QED) is 0.768. The molecule has 1 N–H and O–H groups in total. The van der Waals surface area contributed by atoms with Gasteiger partial charge in [-0.3, -0.25) is 9.59 Å². The summed E-state index contributed by atoms with van der Waals surface area (Å²) >= 11 is 0. The van der Waals surface area contributed by atoms with Gasteiger partial charge in [-0.15, -0.1) is 0 Å². The van der Waals surface area contributed by atoms with Crippen LogP contribution in [0.5, 0.6) is 0 Å². The third kappa shape index (κ3) is 2.04. The van der Waals surface area contributed by atoms with Crippen molar-refractivity contribution >= 4 is 11.9 Å². The fraction of sp³-hybridized carbons (Fsp3) is 0.833. The van der Waals surface area contributed by atoms with Crippen LogP contribution in [0.15, 0.2) is 0 Å². The van der Waals surface area contributed by atoms with Crippen molar-refractivity contribution in [1.82, 2.24) is 4.90 Å². The summed E-state index contributed by atoms with van der Waals surface area (Å²) in [5.74, 6) is -1.80. The maximum atomic E-state index is 12.2. The van der Waals surface area contributed by atoms with Crippen LogP contribution in [-0.4, -0.2) is 47.7 Å². The highest BCUT2D eigenvalue weighted by molar-refractivity contribution is 5.91. The van der Waals surface area contributed by atoms with Crippen molar-refractivity contribution in [3.63, 3.8) is 0 Å². The van der Waals surface area contributed by atoms with Crippen LogP contribution in [0.4, 0.5) is 0 Å². The van der Waals surface area contributed by atoms with Crippen LogP contribution in [0.1, 0.15) is 20.8 Å². The Balaban J connectivity index is 2.04. The molecule has 0 radical (unpaired) electrons. The summed E-state index contributed by atoms with van der Waals surface area (Å²) in [6.45, 7) is 7.29. The molecule has 0 spiro atoms. The van der Waals surface area contributed by atoms with Gasteiger partial charge in [-0.2, -0.15) is 0 Å². The van der Waals surface area contributed by atoms with Crippen molar-refractivity contribution in [3.8, 4) is 0 Å². The van der Waals surface area contributed by atoms with E-state index in [0.29, 0.717) is 19.7 Å². The molecule has 5 nitrogen and oxygen atoms in total. The van der Waals surface area contributed by atoms with E-state index < -0.39 is 17.3 Å². The predicted molar refractivity (Wildman–Crippen MR) is 60.4 cm³/mol. The molecule has 2 aliphatic rings. The number of hydrogen-bond acceptors (Lipinski definition) is 3. The molecule has 1 heterocycles. The van der Waals surface area contributed by atoms with Crippen LogP contribution < -0.4 is 0 Å². The number of aliphatic carboxylic acids is 1. The normalized spacial score (nSPS) is 35.5. The average Bonchev–Trinajstić information content (AvgIpc) is 2.80. The summed E-state index contributed by atoms with van der Waals surface area (Å²) in [6, 6.07) is 0. The molecule has 2 fully saturated rings. The highest BCUT2D eigenvalue weighted by Crippen LogP contribution is 2.59. The molecule has 1 saturated heterocycles.